The summed E-state index contributed by atoms with van der Waals surface area (Å²) in [6.45, 7) is 7.38. The van der Waals surface area contributed by atoms with E-state index in [0.717, 1.165) is 74.8 Å². The number of rotatable bonds is 3. The number of urea groups is 1. The van der Waals surface area contributed by atoms with Gasteiger partial charge in [-0.2, -0.15) is 0 Å². The Hall–Kier alpha value is -1.60. The van der Waals surface area contributed by atoms with Crippen LogP contribution >= 0.6 is 11.3 Å². The van der Waals surface area contributed by atoms with Gasteiger partial charge in [0.1, 0.15) is 0 Å². The lowest BCUT2D eigenvalue weighted by molar-refractivity contribution is 0.000293. The van der Waals surface area contributed by atoms with Crippen LogP contribution in [0.2, 0.25) is 0 Å². The van der Waals surface area contributed by atoms with Crippen LogP contribution in [0.5, 0.6) is 0 Å². The molecule has 0 aliphatic carbocycles. The fourth-order valence-corrected chi connectivity index (χ4v) is 5.60. The zero-order valence-electron chi connectivity index (χ0n) is 16.0. The van der Waals surface area contributed by atoms with Crippen molar-refractivity contribution < 1.29 is 14.3 Å². The first-order valence-corrected chi connectivity index (χ1v) is 10.9. The maximum absolute atomic E-state index is 13.0. The molecule has 0 bridgehead atoms. The SMILES string of the molecule is Cc1ccc(C(=O)N2CC(CNC(=O)N3CCCC3)C3(CCOCC3)C2)s1. The van der Waals surface area contributed by atoms with Crippen LogP contribution in [0, 0.1) is 18.3 Å². The van der Waals surface area contributed by atoms with E-state index in [2.05, 4.69) is 5.32 Å². The van der Waals surface area contributed by atoms with Gasteiger partial charge in [-0.25, -0.2) is 4.79 Å². The molecule has 148 valence electrons. The molecule has 3 fully saturated rings. The Bertz CT molecular complexity index is 692. The van der Waals surface area contributed by atoms with E-state index in [1.54, 1.807) is 11.3 Å². The largest absolute Gasteiger partial charge is 0.381 e. The smallest absolute Gasteiger partial charge is 0.317 e. The molecule has 4 heterocycles. The van der Waals surface area contributed by atoms with Crippen LogP contribution in [0.1, 0.15) is 40.2 Å². The highest BCUT2D eigenvalue weighted by Gasteiger charge is 2.48. The van der Waals surface area contributed by atoms with E-state index < -0.39 is 0 Å². The number of carbonyl (C=O) groups is 2. The van der Waals surface area contributed by atoms with Crippen molar-refractivity contribution in [2.75, 3.05) is 45.9 Å². The van der Waals surface area contributed by atoms with Gasteiger partial charge in [-0.1, -0.05) is 0 Å². The number of hydrogen-bond acceptors (Lipinski definition) is 4. The van der Waals surface area contributed by atoms with Crippen LogP contribution in [0.4, 0.5) is 4.79 Å². The predicted molar refractivity (Wildman–Crippen MR) is 105 cm³/mol. The molecular formula is C20H29N3O3S. The molecule has 0 aromatic carbocycles. The second kappa shape index (κ2) is 7.80. The number of nitrogens with one attached hydrogen (secondary N) is 1. The fourth-order valence-electron chi connectivity index (χ4n) is 4.76. The molecule has 1 aromatic heterocycles. The van der Waals surface area contributed by atoms with Gasteiger partial charge >= 0.3 is 6.03 Å². The molecule has 0 radical (unpaired) electrons. The van der Waals surface area contributed by atoms with E-state index in [1.807, 2.05) is 28.9 Å². The van der Waals surface area contributed by atoms with Crippen molar-refractivity contribution in [1.29, 1.82) is 0 Å². The zero-order chi connectivity index (χ0) is 18.9. The quantitative estimate of drug-likeness (QED) is 0.862. The highest BCUT2D eigenvalue weighted by molar-refractivity contribution is 7.13. The van der Waals surface area contributed by atoms with Gasteiger partial charge in [0.2, 0.25) is 0 Å². The lowest BCUT2D eigenvalue weighted by Crippen LogP contribution is -2.45. The standard InChI is InChI=1S/C20H29N3O3S/c1-15-4-5-17(27-15)18(24)23-13-16(20(14-23)6-10-26-11-7-20)12-21-19(25)22-8-2-3-9-22/h4-5,16H,2-3,6-14H2,1H3,(H,21,25). The van der Waals surface area contributed by atoms with Gasteiger partial charge in [-0.05, 0) is 50.2 Å². The lowest BCUT2D eigenvalue weighted by atomic mass is 9.72. The maximum atomic E-state index is 13.0. The number of hydrogen-bond donors (Lipinski definition) is 1. The van der Waals surface area contributed by atoms with Crippen LogP contribution < -0.4 is 5.32 Å². The molecule has 3 aliphatic rings. The van der Waals surface area contributed by atoms with Gasteiger partial charge in [-0.3, -0.25) is 4.79 Å². The Morgan fingerprint density at radius 2 is 1.96 bits per heavy atom. The number of likely N-dealkylation sites (tertiary alicyclic amines) is 2. The first-order chi connectivity index (χ1) is 13.1. The molecule has 4 rings (SSSR count). The van der Waals surface area contributed by atoms with Crippen molar-refractivity contribution in [1.82, 2.24) is 15.1 Å². The molecule has 3 amide bonds. The number of carbonyl (C=O) groups excluding carboxylic acids is 2. The van der Waals surface area contributed by atoms with E-state index in [1.165, 1.54) is 0 Å². The van der Waals surface area contributed by atoms with E-state index in [-0.39, 0.29) is 23.3 Å². The molecule has 1 aromatic rings. The van der Waals surface area contributed by atoms with E-state index >= 15 is 0 Å². The molecule has 6 nitrogen and oxygen atoms in total. The molecule has 27 heavy (non-hydrogen) atoms. The monoisotopic (exact) mass is 391 g/mol. The van der Waals surface area contributed by atoms with Gasteiger partial charge < -0.3 is 19.9 Å². The van der Waals surface area contributed by atoms with Crippen LogP contribution in [0.3, 0.4) is 0 Å². The number of aryl methyl sites for hydroxylation is 1. The maximum Gasteiger partial charge on any atom is 0.317 e. The Balaban J connectivity index is 1.44. The van der Waals surface area contributed by atoms with Gasteiger partial charge in [0.05, 0.1) is 4.88 Å². The molecule has 1 atom stereocenters. The van der Waals surface area contributed by atoms with Gasteiger partial charge in [0, 0.05) is 56.7 Å². The summed E-state index contributed by atoms with van der Waals surface area (Å²) >= 11 is 1.56. The molecule has 1 unspecified atom stereocenters. The van der Waals surface area contributed by atoms with E-state index in [0.29, 0.717) is 6.54 Å². The number of ether oxygens (including phenoxy) is 1. The summed E-state index contributed by atoms with van der Waals surface area (Å²) in [5.74, 6) is 0.422. The first-order valence-electron chi connectivity index (χ1n) is 10.0. The van der Waals surface area contributed by atoms with E-state index in [9.17, 15) is 9.59 Å². The van der Waals surface area contributed by atoms with Crippen LogP contribution in [0.25, 0.3) is 0 Å². The molecule has 1 spiro atoms. The zero-order valence-corrected chi connectivity index (χ0v) is 16.9. The topological polar surface area (TPSA) is 61.9 Å². The number of amides is 3. The minimum Gasteiger partial charge on any atom is -0.381 e. The van der Waals surface area contributed by atoms with E-state index in [4.69, 9.17) is 4.74 Å². The van der Waals surface area contributed by atoms with Crippen molar-refractivity contribution >= 4 is 23.3 Å². The minimum atomic E-state index is 0.0494. The minimum absolute atomic E-state index is 0.0494. The molecule has 7 heteroatoms. The normalized spacial score (nSPS) is 24.6. The predicted octanol–water partition coefficient (Wildman–Crippen LogP) is 2.73. The second-order valence-electron chi connectivity index (χ2n) is 8.15. The summed E-state index contributed by atoms with van der Waals surface area (Å²) in [6, 6.07) is 3.99. The van der Waals surface area contributed by atoms with Gasteiger partial charge in [-0.15, -0.1) is 11.3 Å². The van der Waals surface area contributed by atoms with Gasteiger partial charge in [0.15, 0.2) is 0 Å². The van der Waals surface area contributed by atoms with Crippen molar-refractivity contribution in [2.24, 2.45) is 11.3 Å². The summed E-state index contributed by atoms with van der Waals surface area (Å²) in [6.07, 6.45) is 4.12. The highest BCUT2D eigenvalue weighted by Crippen LogP contribution is 2.44. The summed E-state index contributed by atoms with van der Waals surface area (Å²) < 4.78 is 5.60. The van der Waals surface area contributed by atoms with Crippen LogP contribution in [0.15, 0.2) is 12.1 Å². The third-order valence-electron chi connectivity index (χ3n) is 6.43. The summed E-state index contributed by atoms with van der Waals surface area (Å²) in [5.41, 5.74) is 0.0680. The summed E-state index contributed by atoms with van der Waals surface area (Å²) in [4.78, 5) is 31.3. The molecule has 1 N–H and O–H groups in total. The average molecular weight is 392 g/mol. The van der Waals surface area contributed by atoms with Gasteiger partial charge in [0.25, 0.3) is 5.91 Å². The molecule has 0 saturated carbocycles. The Labute approximate surface area is 164 Å². The first kappa shape index (κ1) is 18.7. The Kier molecular flexibility index (Phi) is 5.41. The van der Waals surface area contributed by atoms with Crippen LogP contribution in [-0.2, 0) is 4.74 Å². The van der Waals surface area contributed by atoms with Crippen molar-refractivity contribution in [3.63, 3.8) is 0 Å². The molecule has 3 aliphatic heterocycles. The van der Waals surface area contributed by atoms with Crippen molar-refractivity contribution in [2.45, 2.75) is 32.6 Å². The second-order valence-corrected chi connectivity index (χ2v) is 9.44. The summed E-state index contributed by atoms with van der Waals surface area (Å²) in [5, 5.41) is 3.15. The lowest BCUT2D eigenvalue weighted by Gasteiger charge is -2.38. The molecular weight excluding hydrogens is 362 g/mol. The fraction of sp³-hybridized carbons (Fsp3) is 0.700. The summed E-state index contributed by atoms with van der Waals surface area (Å²) in [7, 11) is 0. The average Bonchev–Trinajstić information content (AvgIpc) is 3.41. The third-order valence-corrected chi connectivity index (χ3v) is 7.42. The van der Waals surface area contributed by atoms with Crippen molar-refractivity contribution in [3.05, 3.63) is 21.9 Å². The molecule has 3 saturated heterocycles. The number of nitrogens with zero attached hydrogens (tertiary/aromatic N) is 2. The Morgan fingerprint density at radius 3 is 2.63 bits per heavy atom. The highest BCUT2D eigenvalue weighted by atomic mass is 32.1. The third kappa shape index (κ3) is 3.85. The Morgan fingerprint density at radius 1 is 1.22 bits per heavy atom. The van der Waals surface area contributed by atoms with Crippen molar-refractivity contribution in [3.8, 4) is 0 Å². The number of thiophene rings is 1. The van der Waals surface area contributed by atoms with Crippen LogP contribution in [-0.4, -0.2) is 67.7 Å².